The standard InChI is InChI=1S/C13H14Cl2N4O/c1-6(2)11-10(16)12(19-18-11)13(20)17-8-5-3-4-7(14)9(8)15/h3-6H,16H2,1-2H3,(H,17,20)(H,18,19). The molecule has 0 saturated heterocycles. The molecule has 0 aliphatic carbocycles. The monoisotopic (exact) mass is 312 g/mol. The number of nitrogen functional groups attached to an aromatic ring is 1. The SMILES string of the molecule is CC(C)c1[nH]nc(C(=O)Nc2cccc(Cl)c2Cl)c1N. The molecule has 0 radical (unpaired) electrons. The van der Waals surface area contributed by atoms with Gasteiger partial charge in [0.2, 0.25) is 0 Å². The second-order valence-corrected chi connectivity index (χ2v) is 5.39. The molecule has 2 rings (SSSR count). The molecule has 0 saturated carbocycles. The summed E-state index contributed by atoms with van der Waals surface area (Å²) in [6.45, 7) is 3.92. The number of rotatable bonds is 3. The Balaban J connectivity index is 2.27. The van der Waals surface area contributed by atoms with E-state index in [2.05, 4.69) is 15.5 Å². The van der Waals surface area contributed by atoms with Crippen molar-refractivity contribution in [1.29, 1.82) is 0 Å². The smallest absolute Gasteiger partial charge is 0.278 e. The van der Waals surface area contributed by atoms with Crippen LogP contribution in [0.1, 0.15) is 35.9 Å². The molecule has 0 spiro atoms. The highest BCUT2D eigenvalue weighted by atomic mass is 35.5. The average molecular weight is 313 g/mol. The lowest BCUT2D eigenvalue weighted by atomic mass is 10.1. The Kier molecular flexibility index (Phi) is 4.20. The van der Waals surface area contributed by atoms with E-state index in [1.807, 2.05) is 13.8 Å². The predicted molar refractivity (Wildman–Crippen MR) is 81.5 cm³/mol. The fourth-order valence-electron chi connectivity index (χ4n) is 1.76. The van der Waals surface area contributed by atoms with E-state index in [4.69, 9.17) is 28.9 Å². The van der Waals surface area contributed by atoms with Gasteiger partial charge < -0.3 is 11.1 Å². The van der Waals surface area contributed by atoms with Gasteiger partial charge in [0.1, 0.15) is 0 Å². The molecule has 2 aromatic rings. The van der Waals surface area contributed by atoms with Gasteiger partial charge in [0, 0.05) is 0 Å². The van der Waals surface area contributed by atoms with E-state index in [-0.39, 0.29) is 16.6 Å². The molecule has 1 aromatic carbocycles. The summed E-state index contributed by atoms with van der Waals surface area (Å²) in [7, 11) is 0. The van der Waals surface area contributed by atoms with Gasteiger partial charge in [0.15, 0.2) is 5.69 Å². The van der Waals surface area contributed by atoms with Gasteiger partial charge in [-0.2, -0.15) is 5.10 Å². The summed E-state index contributed by atoms with van der Waals surface area (Å²) in [5, 5.41) is 10.0. The normalized spacial score (nSPS) is 10.8. The molecule has 0 fully saturated rings. The second kappa shape index (κ2) is 5.73. The fourth-order valence-corrected chi connectivity index (χ4v) is 2.11. The Hall–Kier alpha value is -1.72. The number of nitrogens with two attached hydrogens (primary N) is 1. The Morgan fingerprint density at radius 3 is 2.70 bits per heavy atom. The molecule has 7 heteroatoms. The van der Waals surface area contributed by atoms with Crippen molar-refractivity contribution in [3.8, 4) is 0 Å². The minimum Gasteiger partial charge on any atom is -0.395 e. The first-order valence-electron chi connectivity index (χ1n) is 6.01. The van der Waals surface area contributed by atoms with E-state index in [0.717, 1.165) is 5.69 Å². The third-order valence-corrected chi connectivity index (χ3v) is 3.64. The lowest BCUT2D eigenvalue weighted by Crippen LogP contribution is -2.14. The number of carbonyl (C=O) groups is 1. The van der Waals surface area contributed by atoms with Crippen molar-refractivity contribution in [2.75, 3.05) is 11.1 Å². The fraction of sp³-hybridized carbons (Fsp3) is 0.231. The zero-order chi connectivity index (χ0) is 14.9. The van der Waals surface area contributed by atoms with Crippen molar-refractivity contribution in [3.05, 3.63) is 39.6 Å². The molecule has 106 valence electrons. The number of anilines is 2. The molecule has 0 bridgehead atoms. The van der Waals surface area contributed by atoms with Crippen LogP contribution in [0.5, 0.6) is 0 Å². The summed E-state index contributed by atoms with van der Waals surface area (Å²) in [4.78, 5) is 12.2. The van der Waals surface area contributed by atoms with E-state index in [1.54, 1.807) is 18.2 Å². The number of amides is 1. The molecular weight excluding hydrogens is 299 g/mol. The summed E-state index contributed by atoms with van der Waals surface area (Å²) in [5.41, 5.74) is 7.54. The maximum Gasteiger partial charge on any atom is 0.278 e. The molecule has 0 unspecified atom stereocenters. The van der Waals surface area contributed by atoms with Crippen LogP contribution in [0.4, 0.5) is 11.4 Å². The number of benzene rings is 1. The molecule has 5 nitrogen and oxygen atoms in total. The zero-order valence-electron chi connectivity index (χ0n) is 11.0. The van der Waals surface area contributed by atoms with Gasteiger partial charge >= 0.3 is 0 Å². The van der Waals surface area contributed by atoms with Crippen LogP contribution in [0.15, 0.2) is 18.2 Å². The molecule has 0 aliphatic heterocycles. The quantitative estimate of drug-likeness (QED) is 0.808. The van der Waals surface area contributed by atoms with Crippen LogP contribution in [0.2, 0.25) is 10.0 Å². The first kappa shape index (κ1) is 14.7. The first-order chi connectivity index (χ1) is 9.41. The highest BCUT2D eigenvalue weighted by Crippen LogP contribution is 2.30. The van der Waals surface area contributed by atoms with Crippen molar-refractivity contribution in [1.82, 2.24) is 10.2 Å². The van der Waals surface area contributed by atoms with Gasteiger partial charge in [-0.25, -0.2) is 0 Å². The molecule has 0 aliphatic rings. The summed E-state index contributed by atoms with van der Waals surface area (Å²) in [6, 6.07) is 4.98. The van der Waals surface area contributed by atoms with Crippen molar-refractivity contribution in [2.45, 2.75) is 19.8 Å². The van der Waals surface area contributed by atoms with Gasteiger partial charge in [-0.3, -0.25) is 9.89 Å². The van der Waals surface area contributed by atoms with Crippen molar-refractivity contribution >= 4 is 40.5 Å². The second-order valence-electron chi connectivity index (χ2n) is 4.61. The molecular formula is C13H14Cl2N4O. The van der Waals surface area contributed by atoms with Gasteiger partial charge in [-0.15, -0.1) is 0 Å². The number of aromatic nitrogens is 2. The number of H-pyrrole nitrogens is 1. The van der Waals surface area contributed by atoms with E-state index in [0.29, 0.717) is 16.4 Å². The maximum atomic E-state index is 12.2. The highest BCUT2D eigenvalue weighted by molar-refractivity contribution is 6.44. The van der Waals surface area contributed by atoms with Crippen LogP contribution in [-0.4, -0.2) is 16.1 Å². The third-order valence-electron chi connectivity index (χ3n) is 2.83. The lowest BCUT2D eigenvalue weighted by Gasteiger charge is -2.07. The predicted octanol–water partition coefficient (Wildman–Crippen LogP) is 3.67. The Bertz CT molecular complexity index is 652. The van der Waals surface area contributed by atoms with Crippen LogP contribution in [0.25, 0.3) is 0 Å². The van der Waals surface area contributed by atoms with Gasteiger partial charge in [-0.05, 0) is 18.1 Å². The van der Waals surface area contributed by atoms with E-state index < -0.39 is 5.91 Å². The molecule has 1 aromatic heterocycles. The maximum absolute atomic E-state index is 12.2. The minimum atomic E-state index is -0.435. The van der Waals surface area contributed by atoms with Gasteiger partial charge in [0.25, 0.3) is 5.91 Å². The summed E-state index contributed by atoms with van der Waals surface area (Å²) >= 11 is 11.9. The van der Waals surface area contributed by atoms with Crippen molar-refractivity contribution < 1.29 is 4.79 Å². The zero-order valence-corrected chi connectivity index (χ0v) is 12.5. The number of nitrogens with zero attached hydrogens (tertiary/aromatic N) is 1. The van der Waals surface area contributed by atoms with Crippen LogP contribution in [0, 0.1) is 0 Å². The largest absolute Gasteiger partial charge is 0.395 e. The van der Waals surface area contributed by atoms with Crippen LogP contribution in [-0.2, 0) is 0 Å². The Morgan fingerprint density at radius 2 is 2.10 bits per heavy atom. The topological polar surface area (TPSA) is 83.8 Å². The number of nitrogens with one attached hydrogen (secondary N) is 2. The molecule has 1 heterocycles. The number of hydrogen-bond acceptors (Lipinski definition) is 3. The molecule has 0 atom stereocenters. The van der Waals surface area contributed by atoms with Crippen LogP contribution < -0.4 is 11.1 Å². The summed E-state index contributed by atoms with van der Waals surface area (Å²) < 4.78 is 0. The average Bonchev–Trinajstić information content (AvgIpc) is 2.77. The molecule has 4 N–H and O–H groups in total. The van der Waals surface area contributed by atoms with Crippen molar-refractivity contribution in [2.24, 2.45) is 0 Å². The number of halogens is 2. The van der Waals surface area contributed by atoms with Gasteiger partial charge in [-0.1, -0.05) is 43.1 Å². The third kappa shape index (κ3) is 2.73. The van der Waals surface area contributed by atoms with E-state index >= 15 is 0 Å². The Morgan fingerprint density at radius 1 is 1.40 bits per heavy atom. The number of hydrogen-bond donors (Lipinski definition) is 3. The van der Waals surface area contributed by atoms with E-state index in [9.17, 15) is 4.79 Å². The van der Waals surface area contributed by atoms with E-state index in [1.165, 1.54) is 0 Å². The Labute approximate surface area is 126 Å². The number of carbonyl (C=O) groups excluding carboxylic acids is 1. The minimum absolute atomic E-state index is 0.143. The van der Waals surface area contributed by atoms with Crippen LogP contribution in [0.3, 0.4) is 0 Å². The van der Waals surface area contributed by atoms with Gasteiger partial charge in [0.05, 0.1) is 27.1 Å². The van der Waals surface area contributed by atoms with Crippen LogP contribution >= 0.6 is 23.2 Å². The molecule has 1 amide bonds. The summed E-state index contributed by atoms with van der Waals surface area (Å²) in [5.74, 6) is -0.284. The van der Waals surface area contributed by atoms with Crippen molar-refractivity contribution in [3.63, 3.8) is 0 Å². The highest BCUT2D eigenvalue weighted by Gasteiger charge is 2.19. The summed E-state index contributed by atoms with van der Waals surface area (Å²) in [6.07, 6.45) is 0. The molecule has 20 heavy (non-hydrogen) atoms. The number of aromatic amines is 1. The first-order valence-corrected chi connectivity index (χ1v) is 6.76. The lowest BCUT2D eigenvalue weighted by molar-refractivity contribution is 0.102.